The Morgan fingerprint density at radius 1 is 1.18 bits per heavy atom. The van der Waals surface area contributed by atoms with Gasteiger partial charge in [0.25, 0.3) is 0 Å². The molecule has 0 spiro atoms. The molecular formula is C28H34N2O7S. The molecule has 0 aliphatic carbocycles. The van der Waals surface area contributed by atoms with Gasteiger partial charge in [-0.25, -0.2) is 17.8 Å². The predicted molar refractivity (Wildman–Crippen MR) is 143 cm³/mol. The molecule has 2 aromatic heterocycles. The van der Waals surface area contributed by atoms with Crippen LogP contribution in [0.4, 0.5) is 5.69 Å². The zero-order valence-corrected chi connectivity index (χ0v) is 22.8. The third kappa shape index (κ3) is 6.42. The molecule has 1 N–H and O–H groups in total. The van der Waals surface area contributed by atoms with Gasteiger partial charge in [0.15, 0.2) is 12.4 Å². The number of nitrogens with zero attached hydrogens (tertiary/aromatic N) is 2. The van der Waals surface area contributed by atoms with Gasteiger partial charge >= 0.3 is 11.6 Å². The van der Waals surface area contributed by atoms with Crippen LogP contribution in [0.1, 0.15) is 64.4 Å². The van der Waals surface area contributed by atoms with Gasteiger partial charge in [-0.15, -0.1) is 0 Å². The number of carboxylic acids is 1. The number of benzene rings is 1. The highest BCUT2D eigenvalue weighted by Gasteiger charge is 2.36. The van der Waals surface area contributed by atoms with Crippen LogP contribution in [-0.2, 0) is 21.5 Å². The quantitative estimate of drug-likeness (QED) is 0.176. The molecule has 9 nitrogen and oxygen atoms in total. The second kappa shape index (κ2) is 10.9. The maximum atomic E-state index is 13.0. The van der Waals surface area contributed by atoms with Crippen LogP contribution in [0.2, 0.25) is 0 Å². The number of aliphatic carboxylic acids is 1. The van der Waals surface area contributed by atoms with Gasteiger partial charge in [0.1, 0.15) is 12.1 Å². The van der Waals surface area contributed by atoms with Crippen molar-refractivity contribution >= 4 is 32.7 Å². The van der Waals surface area contributed by atoms with Crippen LogP contribution < -0.4 is 15.1 Å². The number of carbonyl (C=O) groups is 1. The number of hydrogen-bond acceptors (Lipinski definition) is 7. The summed E-state index contributed by atoms with van der Waals surface area (Å²) in [7, 11) is -4.20. The molecule has 0 radical (unpaired) electrons. The number of unbranched alkanes of at least 4 members (excludes halogenated alkanes) is 1. The van der Waals surface area contributed by atoms with Crippen molar-refractivity contribution in [3.05, 3.63) is 58.7 Å². The van der Waals surface area contributed by atoms with Gasteiger partial charge in [0.2, 0.25) is 0 Å². The second-order valence-corrected chi connectivity index (χ2v) is 12.3. The van der Waals surface area contributed by atoms with Crippen molar-refractivity contribution < 1.29 is 31.9 Å². The van der Waals surface area contributed by atoms with E-state index < -0.39 is 21.7 Å². The Morgan fingerprint density at radius 2 is 1.89 bits per heavy atom. The molecule has 1 aliphatic heterocycles. The zero-order valence-electron chi connectivity index (χ0n) is 22.0. The lowest BCUT2D eigenvalue weighted by atomic mass is 9.79. The van der Waals surface area contributed by atoms with Crippen molar-refractivity contribution in [3.63, 3.8) is 0 Å². The smallest absolute Gasteiger partial charge is 0.344 e. The SMILES string of the molecule is CC1CC(C)(C)N(CCCC(=O)O)c2cc3oc(=O)c(-c4cc[n+](CCCCS(=O)(=O)[O-])cc4)cc3cc21. The maximum Gasteiger partial charge on any atom is 0.344 e. The lowest BCUT2D eigenvalue weighted by Crippen LogP contribution is -2.48. The molecule has 38 heavy (non-hydrogen) atoms. The van der Waals surface area contributed by atoms with E-state index in [2.05, 4.69) is 31.7 Å². The number of fused-ring (bicyclic) bond motifs is 2. The van der Waals surface area contributed by atoms with Gasteiger partial charge in [-0.1, -0.05) is 6.92 Å². The number of carboxylic acid groups (broad SMARTS) is 1. The Bertz CT molecular complexity index is 1490. The van der Waals surface area contributed by atoms with E-state index in [1.54, 1.807) is 0 Å². The summed E-state index contributed by atoms with van der Waals surface area (Å²) in [4.78, 5) is 26.3. The molecule has 0 saturated heterocycles. The van der Waals surface area contributed by atoms with Crippen molar-refractivity contribution in [3.8, 4) is 11.1 Å². The molecule has 0 bridgehead atoms. The minimum absolute atomic E-state index is 0.0998. The average molecular weight is 543 g/mol. The van der Waals surface area contributed by atoms with Crippen molar-refractivity contribution in [1.82, 2.24) is 0 Å². The first-order chi connectivity index (χ1) is 17.8. The van der Waals surface area contributed by atoms with E-state index in [4.69, 9.17) is 9.52 Å². The second-order valence-electron chi connectivity index (χ2n) is 10.8. The van der Waals surface area contributed by atoms with Gasteiger partial charge in [-0.3, -0.25) is 4.79 Å². The fourth-order valence-corrected chi connectivity index (χ4v) is 6.03. The van der Waals surface area contributed by atoms with Crippen LogP contribution in [0, 0.1) is 0 Å². The summed E-state index contributed by atoms with van der Waals surface area (Å²) in [5.74, 6) is -0.904. The lowest BCUT2D eigenvalue weighted by Gasteiger charge is -2.47. The van der Waals surface area contributed by atoms with Gasteiger partial charge in [0, 0.05) is 65.5 Å². The maximum absolute atomic E-state index is 13.0. The number of hydrogen-bond donors (Lipinski definition) is 1. The molecule has 0 fully saturated rings. The van der Waals surface area contributed by atoms with Crippen LogP contribution in [0.15, 0.2) is 51.9 Å². The van der Waals surface area contributed by atoms with E-state index in [1.165, 1.54) is 0 Å². The van der Waals surface area contributed by atoms with E-state index >= 15 is 0 Å². The normalized spacial score (nSPS) is 16.9. The van der Waals surface area contributed by atoms with E-state index in [-0.39, 0.29) is 23.6 Å². The highest BCUT2D eigenvalue weighted by molar-refractivity contribution is 7.85. The Labute approximate surface area is 222 Å². The third-order valence-electron chi connectivity index (χ3n) is 7.27. The molecule has 3 heterocycles. The Hall–Kier alpha value is -3.24. The summed E-state index contributed by atoms with van der Waals surface area (Å²) in [5, 5.41) is 9.92. The molecular weight excluding hydrogens is 508 g/mol. The molecule has 1 atom stereocenters. The lowest BCUT2D eigenvalue weighted by molar-refractivity contribution is -0.697. The summed E-state index contributed by atoms with van der Waals surface area (Å²) >= 11 is 0. The molecule has 1 aliphatic rings. The summed E-state index contributed by atoms with van der Waals surface area (Å²) < 4.78 is 39.9. The fourth-order valence-electron chi connectivity index (χ4n) is 5.47. The van der Waals surface area contributed by atoms with E-state index in [0.717, 1.165) is 23.1 Å². The van der Waals surface area contributed by atoms with Crippen LogP contribution in [0.25, 0.3) is 22.1 Å². The number of aryl methyl sites for hydroxylation is 1. The highest BCUT2D eigenvalue weighted by Crippen LogP contribution is 2.45. The Kier molecular flexibility index (Phi) is 7.94. The minimum Gasteiger partial charge on any atom is -0.748 e. The summed E-state index contributed by atoms with van der Waals surface area (Å²) in [6, 6.07) is 9.47. The van der Waals surface area contributed by atoms with Gasteiger partial charge < -0.3 is 19.0 Å². The van der Waals surface area contributed by atoms with Crippen molar-refractivity contribution in [1.29, 1.82) is 0 Å². The molecule has 204 valence electrons. The molecule has 1 unspecified atom stereocenters. The number of rotatable bonds is 10. The van der Waals surface area contributed by atoms with Crippen molar-refractivity contribution in [2.75, 3.05) is 17.2 Å². The largest absolute Gasteiger partial charge is 0.748 e. The molecule has 0 saturated carbocycles. The van der Waals surface area contributed by atoms with Gasteiger partial charge in [0.05, 0.1) is 15.7 Å². The Morgan fingerprint density at radius 3 is 2.55 bits per heavy atom. The molecule has 0 amide bonds. The summed E-state index contributed by atoms with van der Waals surface area (Å²) in [6.45, 7) is 7.66. The first kappa shape index (κ1) is 27.8. The molecule has 10 heteroatoms. The monoisotopic (exact) mass is 542 g/mol. The summed E-state index contributed by atoms with van der Waals surface area (Å²) in [6.07, 6.45) is 6.03. The Balaban J connectivity index is 1.61. The molecule has 4 rings (SSSR count). The van der Waals surface area contributed by atoms with Crippen LogP contribution in [0.5, 0.6) is 0 Å². The van der Waals surface area contributed by atoms with Crippen LogP contribution in [-0.4, -0.2) is 41.9 Å². The van der Waals surface area contributed by atoms with Gasteiger partial charge in [-0.05, 0) is 56.7 Å². The fraction of sp³-hybridized carbons (Fsp3) is 0.464. The number of anilines is 1. The summed E-state index contributed by atoms with van der Waals surface area (Å²) in [5.41, 5.74) is 3.17. The van der Waals surface area contributed by atoms with E-state index in [1.807, 2.05) is 41.2 Å². The topological polar surface area (TPSA) is 132 Å². The van der Waals surface area contributed by atoms with Crippen LogP contribution in [0.3, 0.4) is 0 Å². The molecule has 1 aromatic carbocycles. The van der Waals surface area contributed by atoms with E-state index in [9.17, 15) is 22.6 Å². The van der Waals surface area contributed by atoms with E-state index in [0.29, 0.717) is 49.1 Å². The van der Waals surface area contributed by atoms with Crippen molar-refractivity contribution in [2.24, 2.45) is 0 Å². The number of pyridine rings is 1. The minimum atomic E-state index is -4.20. The highest BCUT2D eigenvalue weighted by atomic mass is 32.2. The van der Waals surface area contributed by atoms with Crippen LogP contribution >= 0.6 is 0 Å². The first-order valence-corrected chi connectivity index (χ1v) is 14.5. The van der Waals surface area contributed by atoms with Gasteiger partial charge in [-0.2, -0.15) is 0 Å². The number of aromatic nitrogens is 1. The standard InChI is InChI=1S/C28H34N2O7S/c1-19-18-28(2,3)30(11-6-7-26(31)32)24-17-25-21(15-22(19)24)16-23(27(33)37-25)20-8-12-29(13-9-20)10-4-5-14-38(34,35)36/h8-9,12-13,15-17,19H,4-7,10-11,14,18H2,1-3H3,(H-,31,32,34,35,36). The zero-order chi connectivity index (χ0) is 27.7. The average Bonchev–Trinajstić information content (AvgIpc) is 2.82. The predicted octanol–water partition coefficient (Wildman–Crippen LogP) is 4.03. The molecule has 3 aromatic rings. The first-order valence-electron chi connectivity index (χ1n) is 12.9. The van der Waals surface area contributed by atoms with Crippen molar-refractivity contribution in [2.45, 2.75) is 70.9 Å². The third-order valence-corrected chi connectivity index (χ3v) is 8.06.